The third-order valence-electron chi connectivity index (χ3n) is 2.84. The lowest BCUT2D eigenvalue weighted by Crippen LogP contribution is -2.37. The first-order chi connectivity index (χ1) is 10.4. The zero-order valence-electron chi connectivity index (χ0n) is 12.3. The number of ether oxygens (including phenoxy) is 1. The molecule has 1 N–H and O–H groups in total. The average Bonchev–Trinajstić information content (AvgIpc) is 2.88. The Labute approximate surface area is 131 Å². The number of rotatable bonds is 5. The number of nitrogens with one attached hydrogen (secondary N) is 1. The van der Waals surface area contributed by atoms with E-state index in [2.05, 4.69) is 15.5 Å². The quantitative estimate of drug-likeness (QED) is 0.913. The van der Waals surface area contributed by atoms with Crippen molar-refractivity contribution in [2.24, 2.45) is 0 Å². The summed E-state index contributed by atoms with van der Waals surface area (Å²) in [6.45, 7) is 4.95. The minimum absolute atomic E-state index is 0.0974. The smallest absolute Gasteiger partial charge is 0.261 e. The summed E-state index contributed by atoms with van der Waals surface area (Å²) in [5.74, 6) is 0.155. The summed E-state index contributed by atoms with van der Waals surface area (Å²) in [5, 5.41) is 6.44. The molecular formula is C14H15ClFN3O3. The summed E-state index contributed by atoms with van der Waals surface area (Å²) < 4.78 is 23.4. The second-order valence-electron chi connectivity index (χ2n) is 4.74. The van der Waals surface area contributed by atoms with Crippen LogP contribution in [0.3, 0.4) is 0 Å². The van der Waals surface area contributed by atoms with Crippen LogP contribution >= 0.6 is 11.6 Å². The number of hydrogen-bond acceptors (Lipinski definition) is 5. The first kappa shape index (κ1) is 16.2. The molecule has 6 nitrogen and oxygen atoms in total. The van der Waals surface area contributed by atoms with Crippen LogP contribution in [0.2, 0.25) is 5.02 Å². The van der Waals surface area contributed by atoms with E-state index >= 15 is 0 Å². The number of carbonyl (C=O) groups is 1. The SMILES string of the molecule is Cc1noc([C@H](C)NC(=O)[C@@H](C)Oc2ccc(F)cc2Cl)n1. The fourth-order valence-electron chi connectivity index (χ4n) is 1.70. The highest BCUT2D eigenvalue weighted by Crippen LogP contribution is 2.26. The number of benzene rings is 1. The molecule has 0 aliphatic heterocycles. The van der Waals surface area contributed by atoms with Crippen LogP contribution in [-0.2, 0) is 4.79 Å². The first-order valence-electron chi connectivity index (χ1n) is 6.59. The van der Waals surface area contributed by atoms with Crippen LogP contribution in [0.4, 0.5) is 4.39 Å². The molecular weight excluding hydrogens is 313 g/mol. The molecule has 0 aliphatic rings. The monoisotopic (exact) mass is 327 g/mol. The van der Waals surface area contributed by atoms with E-state index < -0.39 is 18.0 Å². The highest BCUT2D eigenvalue weighted by atomic mass is 35.5. The van der Waals surface area contributed by atoms with Crippen LogP contribution in [0.25, 0.3) is 0 Å². The molecule has 0 radical (unpaired) electrons. The van der Waals surface area contributed by atoms with Crippen molar-refractivity contribution < 1.29 is 18.4 Å². The third kappa shape index (κ3) is 3.94. The standard InChI is InChI=1S/C14H15ClFN3O3/c1-7(14-18-9(3)19-22-14)17-13(20)8(2)21-12-5-4-10(16)6-11(12)15/h4-8H,1-3H3,(H,17,20)/t7-,8+/m0/s1. The van der Waals surface area contributed by atoms with Gasteiger partial charge in [0.25, 0.3) is 5.91 Å². The van der Waals surface area contributed by atoms with Gasteiger partial charge < -0.3 is 14.6 Å². The Kier molecular flexibility index (Phi) is 4.97. The molecule has 1 aromatic heterocycles. The Morgan fingerprint density at radius 2 is 2.18 bits per heavy atom. The Morgan fingerprint density at radius 1 is 1.45 bits per heavy atom. The van der Waals surface area contributed by atoms with Gasteiger partial charge in [0.2, 0.25) is 5.89 Å². The Hall–Kier alpha value is -2.15. The maximum atomic E-state index is 13.0. The van der Waals surface area contributed by atoms with Crippen LogP contribution in [0.1, 0.15) is 31.6 Å². The number of nitrogens with zero attached hydrogens (tertiary/aromatic N) is 2. The van der Waals surface area contributed by atoms with E-state index in [9.17, 15) is 9.18 Å². The molecule has 0 spiro atoms. The molecule has 0 fully saturated rings. The molecule has 0 bridgehead atoms. The first-order valence-corrected chi connectivity index (χ1v) is 6.97. The lowest BCUT2D eigenvalue weighted by Gasteiger charge is -2.17. The van der Waals surface area contributed by atoms with Gasteiger partial charge >= 0.3 is 0 Å². The van der Waals surface area contributed by atoms with Crippen molar-refractivity contribution in [3.8, 4) is 5.75 Å². The zero-order chi connectivity index (χ0) is 16.3. The number of hydrogen-bond donors (Lipinski definition) is 1. The van der Waals surface area contributed by atoms with Crippen molar-refractivity contribution in [3.05, 3.63) is 40.8 Å². The van der Waals surface area contributed by atoms with Gasteiger partial charge in [0.15, 0.2) is 11.9 Å². The van der Waals surface area contributed by atoms with Gasteiger partial charge in [-0.3, -0.25) is 4.79 Å². The minimum Gasteiger partial charge on any atom is -0.479 e. The maximum Gasteiger partial charge on any atom is 0.261 e. The van der Waals surface area contributed by atoms with Gasteiger partial charge in [-0.1, -0.05) is 16.8 Å². The predicted octanol–water partition coefficient (Wildman–Crippen LogP) is 2.82. The maximum absolute atomic E-state index is 13.0. The number of carbonyl (C=O) groups excluding carboxylic acids is 1. The van der Waals surface area contributed by atoms with Gasteiger partial charge in [-0.25, -0.2) is 4.39 Å². The number of aryl methyl sites for hydroxylation is 1. The van der Waals surface area contributed by atoms with Crippen LogP contribution < -0.4 is 10.1 Å². The summed E-state index contributed by atoms with van der Waals surface area (Å²) in [7, 11) is 0. The lowest BCUT2D eigenvalue weighted by atomic mass is 10.3. The van der Waals surface area contributed by atoms with Gasteiger partial charge in [0.05, 0.1) is 5.02 Å². The fraction of sp³-hybridized carbons (Fsp3) is 0.357. The van der Waals surface area contributed by atoms with E-state index in [1.165, 1.54) is 12.1 Å². The molecule has 0 saturated carbocycles. The van der Waals surface area contributed by atoms with Gasteiger partial charge in [0.1, 0.15) is 17.6 Å². The van der Waals surface area contributed by atoms with E-state index in [1.807, 2.05) is 0 Å². The summed E-state index contributed by atoms with van der Waals surface area (Å²) in [5.41, 5.74) is 0. The molecule has 22 heavy (non-hydrogen) atoms. The lowest BCUT2D eigenvalue weighted by molar-refractivity contribution is -0.128. The molecule has 2 aromatic rings. The molecule has 1 aromatic carbocycles. The van der Waals surface area contributed by atoms with Gasteiger partial charge in [-0.2, -0.15) is 4.98 Å². The highest BCUT2D eigenvalue weighted by Gasteiger charge is 2.21. The van der Waals surface area contributed by atoms with Gasteiger partial charge in [-0.05, 0) is 39.0 Å². The molecule has 8 heteroatoms. The van der Waals surface area contributed by atoms with E-state index in [1.54, 1.807) is 20.8 Å². The number of amides is 1. The molecule has 1 amide bonds. The Bertz CT molecular complexity index is 677. The van der Waals surface area contributed by atoms with Gasteiger partial charge in [-0.15, -0.1) is 0 Å². The molecule has 118 valence electrons. The average molecular weight is 328 g/mol. The van der Waals surface area contributed by atoms with Crippen LogP contribution in [0.5, 0.6) is 5.75 Å². The van der Waals surface area contributed by atoms with E-state index in [4.69, 9.17) is 20.9 Å². The Morgan fingerprint density at radius 3 is 2.77 bits per heavy atom. The second-order valence-corrected chi connectivity index (χ2v) is 5.15. The third-order valence-corrected chi connectivity index (χ3v) is 3.13. The van der Waals surface area contributed by atoms with E-state index in [-0.39, 0.29) is 16.7 Å². The second kappa shape index (κ2) is 6.74. The molecule has 2 rings (SSSR count). The molecule has 1 heterocycles. The summed E-state index contributed by atoms with van der Waals surface area (Å²) in [6.07, 6.45) is -0.825. The number of aromatic nitrogens is 2. The van der Waals surface area contributed by atoms with Crippen LogP contribution in [0, 0.1) is 12.7 Å². The van der Waals surface area contributed by atoms with Crippen molar-refractivity contribution in [2.45, 2.75) is 32.9 Å². The summed E-state index contributed by atoms with van der Waals surface area (Å²) in [6, 6.07) is 3.23. The molecule has 0 unspecified atom stereocenters. The largest absolute Gasteiger partial charge is 0.479 e. The van der Waals surface area contributed by atoms with E-state index in [0.29, 0.717) is 11.7 Å². The minimum atomic E-state index is -0.825. The number of halogens is 2. The van der Waals surface area contributed by atoms with Crippen molar-refractivity contribution in [3.63, 3.8) is 0 Å². The van der Waals surface area contributed by atoms with Crippen molar-refractivity contribution >= 4 is 17.5 Å². The fourth-order valence-corrected chi connectivity index (χ4v) is 1.91. The zero-order valence-corrected chi connectivity index (χ0v) is 13.0. The highest BCUT2D eigenvalue weighted by molar-refractivity contribution is 6.32. The molecule has 0 aliphatic carbocycles. The summed E-state index contributed by atoms with van der Waals surface area (Å²) >= 11 is 5.85. The topological polar surface area (TPSA) is 77.2 Å². The van der Waals surface area contributed by atoms with Crippen LogP contribution in [0.15, 0.2) is 22.7 Å². The molecule has 2 atom stereocenters. The summed E-state index contributed by atoms with van der Waals surface area (Å²) in [4.78, 5) is 16.1. The van der Waals surface area contributed by atoms with E-state index in [0.717, 1.165) is 6.07 Å². The van der Waals surface area contributed by atoms with Crippen molar-refractivity contribution in [1.29, 1.82) is 0 Å². The Balaban J connectivity index is 1.97. The van der Waals surface area contributed by atoms with Crippen molar-refractivity contribution in [1.82, 2.24) is 15.5 Å². The van der Waals surface area contributed by atoms with Gasteiger partial charge in [0, 0.05) is 0 Å². The normalized spacial score (nSPS) is 13.5. The van der Waals surface area contributed by atoms with Crippen molar-refractivity contribution in [2.75, 3.05) is 0 Å². The molecule has 0 saturated heterocycles. The predicted molar refractivity (Wildman–Crippen MR) is 77.1 cm³/mol. The van der Waals surface area contributed by atoms with Crippen LogP contribution in [-0.4, -0.2) is 22.2 Å².